The fourth-order valence-electron chi connectivity index (χ4n) is 2.47. The van der Waals surface area contributed by atoms with E-state index in [1.165, 1.54) is 18.1 Å². The number of likely N-dealkylation sites (N-methyl/N-ethyl adjacent to an activating group) is 1. The summed E-state index contributed by atoms with van der Waals surface area (Å²) in [6.07, 6.45) is 0.589. The second-order valence-corrected chi connectivity index (χ2v) is 5.60. The number of aryl methyl sites for hydroxylation is 2. The van der Waals surface area contributed by atoms with Crippen LogP contribution in [0.4, 0.5) is 0 Å². The molecule has 1 saturated heterocycles. The van der Waals surface area contributed by atoms with Crippen molar-refractivity contribution >= 4 is 5.97 Å². The zero-order valence-corrected chi connectivity index (χ0v) is 12.7. The minimum atomic E-state index is -0.251. The van der Waals surface area contributed by atoms with Crippen molar-refractivity contribution < 1.29 is 14.3 Å². The summed E-state index contributed by atoms with van der Waals surface area (Å²) in [5.41, 5.74) is 2.46. The van der Waals surface area contributed by atoms with E-state index in [0.29, 0.717) is 0 Å². The maximum atomic E-state index is 11.2. The Morgan fingerprint density at radius 3 is 2.65 bits per heavy atom. The molecule has 2 rings (SSSR count). The molecule has 0 aromatic heterocycles. The highest BCUT2D eigenvalue weighted by molar-refractivity contribution is 5.66. The van der Waals surface area contributed by atoms with Crippen LogP contribution in [0.1, 0.15) is 24.5 Å². The first kappa shape index (κ1) is 14.9. The number of likely N-dealkylation sites (tertiary alicyclic amines) is 1. The minimum absolute atomic E-state index is 0.0720. The molecule has 1 aromatic rings. The number of rotatable bonds is 3. The van der Waals surface area contributed by atoms with Crippen LogP contribution < -0.4 is 4.74 Å². The highest BCUT2D eigenvalue weighted by Gasteiger charge is 2.31. The zero-order valence-electron chi connectivity index (χ0n) is 12.7. The van der Waals surface area contributed by atoms with E-state index in [9.17, 15) is 4.79 Å². The first-order valence-electron chi connectivity index (χ1n) is 7.05. The van der Waals surface area contributed by atoms with Gasteiger partial charge in [-0.1, -0.05) is 6.07 Å². The van der Waals surface area contributed by atoms with Gasteiger partial charge in [0.15, 0.2) is 6.10 Å². The van der Waals surface area contributed by atoms with Crippen molar-refractivity contribution in [3.05, 3.63) is 29.3 Å². The van der Waals surface area contributed by atoms with Crippen LogP contribution in [0.15, 0.2) is 18.2 Å². The van der Waals surface area contributed by atoms with Gasteiger partial charge in [0, 0.05) is 26.4 Å². The molecule has 1 aromatic carbocycles. The molecule has 1 aliphatic rings. The van der Waals surface area contributed by atoms with Crippen molar-refractivity contribution in [1.82, 2.24) is 4.90 Å². The molecule has 4 nitrogen and oxygen atoms in total. The standard InChI is InChI=1S/C16H23NO3/c1-11-5-6-14(9-12(11)2)20-15-7-8-17(4)10-16(15)19-13(3)18/h5-6,9,15-16H,7-8,10H2,1-4H3/t15-,16-/m1/s1. The van der Waals surface area contributed by atoms with Crippen LogP contribution in [0.2, 0.25) is 0 Å². The van der Waals surface area contributed by atoms with E-state index < -0.39 is 0 Å². The molecule has 0 bridgehead atoms. The number of esters is 1. The van der Waals surface area contributed by atoms with Crippen LogP contribution in [0, 0.1) is 13.8 Å². The maximum Gasteiger partial charge on any atom is 0.303 e. The predicted molar refractivity (Wildman–Crippen MR) is 78.0 cm³/mol. The van der Waals surface area contributed by atoms with Crippen molar-refractivity contribution in [3.8, 4) is 5.75 Å². The quantitative estimate of drug-likeness (QED) is 0.795. The predicted octanol–water partition coefficient (Wildman–Crippen LogP) is 2.32. The molecule has 110 valence electrons. The molecule has 0 spiro atoms. The van der Waals surface area contributed by atoms with Gasteiger partial charge in [-0.2, -0.15) is 0 Å². The van der Waals surface area contributed by atoms with E-state index in [2.05, 4.69) is 24.8 Å². The average Bonchev–Trinajstić information content (AvgIpc) is 2.36. The fraction of sp³-hybridized carbons (Fsp3) is 0.562. The molecule has 0 saturated carbocycles. The first-order valence-corrected chi connectivity index (χ1v) is 7.05. The summed E-state index contributed by atoms with van der Waals surface area (Å²) in [6, 6.07) is 6.07. The van der Waals surface area contributed by atoms with E-state index in [4.69, 9.17) is 9.47 Å². The van der Waals surface area contributed by atoms with Gasteiger partial charge in [-0.3, -0.25) is 4.79 Å². The topological polar surface area (TPSA) is 38.8 Å². The Bertz CT molecular complexity index is 487. The Morgan fingerprint density at radius 2 is 2.00 bits per heavy atom. The van der Waals surface area contributed by atoms with Crippen LogP contribution >= 0.6 is 0 Å². The van der Waals surface area contributed by atoms with E-state index in [0.717, 1.165) is 25.3 Å². The molecular weight excluding hydrogens is 254 g/mol. The van der Waals surface area contributed by atoms with Crippen LogP contribution in [-0.4, -0.2) is 43.2 Å². The molecule has 0 radical (unpaired) electrons. The highest BCUT2D eigenvalue weighted by Crippen LogP contribution is 2.23. The van der Waals surface area contributed by atoms with Gasteiger partial charge in [0.1, 0.15) is 11.9 Å². The molecule has 0 unspecified atom stereocenters. The van der Waals surface area contributed by atoms with Crippen molar-refractivity contribution in [1.29, 1.82) is 0 Å². The summed E-state index contributed by atoms with van der Waals surface area (Å²) in [7, 11) is 2.03. The number of nitrogens with zero attached hydrogens (tertiary/aromatic N) is 1. The number of carbonyl (C=O) groups excluding carboxylic acids is 1. The van der Waals surface area contributed by atoms with E-state index in [1.807, 2.05) is 19.2 Å². The van der Waals surface area contributed by atoms with E-state index in [-0.39, 0.29) is 18.2 Å². The maximum absolute atomic E-state index is 11.2. The Labute approximate surface area is 120 Å². The van der Waals surface area contributed by atoms with Gasteiger partial charge in [-0.25, -0.2) is 0 Å². The van der Waals surface area contributed by atoms with Crippen molar-refractivity contribution in [2.45, 2.75) is 39.4 Å². The van der Waals surface area contributed by atoms with Crippen LogP contribution in [0.5, 0.6) is 5.75 Å². The molecule has 0 aliphatic carbocycles. The number of carbonyl (C=O) groups is 1. The van der Waals surface area contributed by atoms with Crippen molar-refractivity contribution in [2.75, 3.05) is 20.1 Å². The number of ether oxygens (including phenoxy) is 2. The Balaban J connectivity index is 2.08. The zero-order chi connectivity index (χ0) is 14.7. The minimum Gasteiger partial charge on any atom is -0.486 e. The first-order chi connectivity index (χ1) is 9.45. The van der Waals surface area contributed by atoms with Gasteiger partial charge in [0.05, 0.1) is 0 Å². The molecule has 1 fully saturated rings. The molecule has 2 atom stereocenters. The molecule has 0 amide bonds. The molecule has 4 heteroatoms. The molecule has 1 heterocycles. The number of hydrogen-bond acceptors (Lipinski definition) is 4. The average molecular weight is 277 g/mol. The van der Waals surface area contributed by atoms with Gasteiger partial charge >= 0.3 is 5.97 Å². The SMILES string of the molecule is CC(=O)O[C@@H]1CN(C)CC[C@H]1Oc1ccc(C)c(C)c1. The van der Waals surface area contributed by atoms with E-state index >= 15 is 0 Å². The van der Waals surface area contributed by atoms with Gasteiger partial charge in [0.2, 0.25) is 0 Å². The van der Waals surface area contributed by atoms with E-state index in [1.54, 1.807) is 0 Å². The monoisotopic (exact) mass is 277 g/mol. The van der Waals surface area contributed by atoms with Crippen LogP contribution in [0.3, 0.4) is 0 Å². The van der Waals surface area contributed by atoms with Crippen molar-refractivity contribution in [2.24, 2.45) is 0 Å². The summed E-state index contributed by atoms with van der Waals surface area (Å²) in [6.45, 7) is 7.26. The fourth-order valence-corrected chi connectivity index (χ4v) is 2.47. The lowest BCUT2D eigenvalue weighted by Crippen LogP contribution is -2.49. The van der Waals surface area contributed by atoms with Crippen LogP contribution in [0.25, 0.3) is 0 Å². The van der Waals surface area contributed by atoms with Gasteiger partial charge < -0.3 is 14.4 Å². The Kier molecular flexibility index (Phi) is 4.65. The molecule has 20 heavy (non-hydrogen) atoms. The lowest BCUT2D eigenvalue weighted by atomic mass is 10.0. The second kappa shape index (κ2) is 6.27. The van der Waals surface area contributed by atoms with Gasteiger partial charge in [0.25, 0.3) is 0 Å². The summed E-state index contributed by atoms with van der Waals surface area (Å²) >= 11 is 0. The lowest BCUT2D eigenvalue weighted by Gasteiger charge is -2.36. The van der Waals surface area contributed by atoms with Gasteiger partial charge in [-0.15, -0.1) is 0 Å². The number of hydrogen-bond donors (Lipinski definition) is 0. The molecular formula is C16H23NO3. The lowest BCUT2D eigenvalue weighted by molar-refractivity contribution is -0.155. The summed E-state index contributed by atoms with van der Waals surface area (Å²) in [5, 5.41) is 0. The third-order valence-electron chi connectivity index (χ3n) is 3.78. The third kappa shape index (κ3) is 3.73. The summed E-state index contributed by atoms with van der Waals surface area (Å²) in [5.74, 6) is 0.596. The smallest absolute Gasteiger partial charge is 0.303 e. The molecule has 1 aliphatic heterocycles. The van der Waals surface area contributed by atoms with Crippen molar-refractivity contribution in [3.63, 3.8) is 0 Å². The normalized spacial score (nSPS) is 23.4. The number of benzene rings is 1. The molecule has 0 N–H and O–H groups in total. The third-order valence-corrected chi connectivity index (χ3v) is 3.78. The largest absolute Gasteiger partial charge is 0.486 e. The Morgan fingerprint density at radius 1 is 1.25 bits per heavy atom. The van der Waals surface area contributed by atoms with Crippen LogP contribution in [-0.2, 0) is 9.53 Å². The Hall–Kier alpha value is -1.55. The number of piperidine rings is 1. The summed E-state index contributed by atoms with van der Waals surface area (Å²) < 4.78 is 11.4. The van der Waals surface area contributed by atoms with Gasteiger partial charge in [-0.05, 0) is 44.2 Å². The second-order valence-electron chi connectivity index (χ2n) is 5.60. The highest BCUT2D eigenvalue weighted by atomic mass is 16.6. The summed E-state index contributed by atoms with van der Waals surface area (Å²) in [4.78, 5) is 13.4.